The van der Waals surface area contributed by atoms with Crippen LogP contribution in [0.3, 0.4) is 0 Å². The Balaban J connectivity index is 2.39. The van der Waals surface area contributed by atoms with E-state index >= 15 is 0 Å². The van der Waals surface area contributed by atoms with Crippen molar-refractivity contribution in [3.63, 3.8) is 0 Å². The Morgan fingerprint density at radius 2 is 1.88 bits per heavy atom. The Morgan fingerprint density at radius 1 is 1.21 bits per heavy atom. The van der Waals surface area contributed by atoms with E-state index in [0.717, 1.165) is 22.2 Å². The number of rotatable bonds is 5. The molecule has 0 saturated carbocycles. The Labute approximate surface area is 151 Å². The normalized spacial score (nSPS) is 11.4. The molecule has 0 unspecified atom stereocenters. The lowest BCUT2D eigenvalue weighted by Crippen LogP contribution is -2.15. The third-order valence-electron chi connectivity index (χ3n) is 3.94. The lowest BCUT2D eigenvalue weighted by molar-refractivity contribution is 0.0694. The minimum Gasteiger partial charge on any atom is -0.487 e. The molecule has 0 bridgehead atoms. The van der Waals surface area contributed by atoms with Gasteiger partial charge in [-0.15, -0.1) is 0 Å². The number of hydrogen-bond acceptors (Lipinski definition) is 2. The van der Waals surface area contributed by atoms with E-state index in [-0.39, 0.29) is 17.6 Å². The first-order chi connectivity index (χ1) is 11.2. The maximum Gasteiger partial charge on any atom is 0.336 e. The molecule has 1 N–H and O–H groups in total. The summed E-state index contributed by atoms with van der Waals surface area (Å²) < 4.78 is 6.96. The van der Waals surface area contributed by atoms with Gasteiger partial charge in [0.25, 0.3) is 0 Å². The molecule has 0 aliphatic carbocycles. The Morgan fingerprint density at radius 3 is 2.46 bits per heavy atom. The second-order valence-electron chi connectivity index (χ2n) is 6.81. The van der Waals surface area contributed by atoms with E-state index < -0.39 is 5.97 Å². The van der Waals surface area contributed by atoms with Crippen LogP contribution in [-0.4, -0.2) is 11.1 Å². The summed E-state index contributed by atoms with van der Waals surface area (Å²) in [7, 11) is 0. The molecule has 2 aromatic rings. The molecule has 0 aliphatic heterocycles. The van der Waals surface area contributed by atoms with Crippen LogP contribution >= 0.6 is 15.9 Å². The van der Waals surface area contributed by atoms with Crippen molar-refractivity contribution in [2.24, 2.45) is 0 Å². The third-order valence-corrected chi connectivity index (χ3v) is 4.53. The van der Waals surface area contributed by atoms with Crippen LogP contribution in [0, 0.1) is 0 Å². The summed E-state index contributed by atoms with van der Waals surface area (Å²) in [5.74, 6) is -0.162. The molecule has 2 rings (SSSR count). The smallest absolute Gasteiger partial charge is 0.336 e. The number of aromatic carboxylic acids is 1. The van der Waals surface area contributed by atoms with Gasteiger partial charge in [-0.25, -0.2) is 4.79 Å². The Hall–Kier alpha value is -1.81. The molecule has 4 heteroatoms. The lowest BCUT2D eigenvalue weighted by atomic mass is 9.85. The topological polar surface area (TPSA) is 46.5 Å². The number of hydrogen-bond donors (Lipinski definition) is 1. The van der Waals surface area contributed by atoms with Gasteiger partial charge in [0.15, 0.2) is 0 Å². The predicted octanol–water partition coefficient (Wildman–Crippen LogP) is 5.59. The first kappa shape index (κ1) is 18.5. The van der Waals surface area contributed by atoms with Crippen molar-refractivity contribution in [2.75, 3.05) is 0 Å². The molecule has 0 spiro atoms. The summed E-state index contributed by atoms with van der Waals surface area (Å²) in [6.07, 6.45) is 0.948. The van der Waals surface area contributed by atoms with E-state index in [2.05, 4.69) is 55.8 Å². The van der Waals surface area contributed by atoms with Crippen molar-refractivity contribution >= 4 is 21.9 Å². The van der Waals surface area contributed by atoms with Crippen LogP contribution in [0.25, 0.3) is 0 Å². The van der Waals surface area contributed by atoms with Crippen molar-refractivity contribution in [3.05, 3.63) is 63.1 Å². The number of benzene rings is 2. The second-order valence-corrected chi connectivity index (χ2v) is 7.66. The van der Waals surface area contributed by atoms with Gasteiger partial charge in [0, 0.05) is 11.1 Å². The van der Waals surface area contributed by atoms with Gasteiger partial charge in [0.05, 0.1) is 10.0 Å². The van der Waals surface area contributed by atoms with Crippen molar-refractivity contribution < 1.29 is 14.6 Å². The molecule has 0 heterocycles. The molecule has 0 radical (unpaired) electrons. The van der Waals surface area contributed by atoms with Crippen LogP contribution in [-0.2, 0) is 18.4 Å². The van der Waals surface area contributed by atoms with E-state index in [1.54, 1.807) is 18.2 Å². The molecular weight excluding hydrogens is 368 g/mol. The summed E-state index contributed by atoms with van der Waals surface area (Å²) in [5, 5.41) is 9.30. The second kappa shape index (κ2) is 7.39. The highest BCUT2D eigenvalue weighted by atomic mass is 79.9. The van der Waals surface area contributed by atoms with Gasteiger partial charge < -0.3 is 9.84 Å². The fourth-order valence-corrected chi connectivity index (χ4v) is 3.18. The first-order valence-electron chi connectivity index (χ1n) is 8.01. The predicted molar refractivity (Wildman–Crippen MR) is 100.0 cm³/mol. The number of halogens is 1. The van der Waals surface area contributed by atoms with E-state index in [1.807, 2.05) is 6.07 Å². The molecular formula is C20H23BrO3. The number of carboxylic acids is 1. The maximum absolute atomic E-state index is 11.3. The lowest BCUT2D eigenvalue weighted by Gasteiger charge is -2.25. The van der Waals surface area contributed by atoms with Gasteiger partial charge in [-0.05, 0) is 45.5 Å². The molecule has 128 valence electrons. The van der Waals surface area contributed by atoms with Gasteiger partial charge in [-0.1, -0.05) is 52.0 Å². The number of carbonyl (C=O) groups is 1. The summed E-state index contributed by atoms with van der Waals surface area (Å²) in [4.78, 5) is 11.3. The largest absolute Gasteiger partial charge is 0.487 e. The van der Waals surface area contributed by atoms with Crippen LogP contribution in [0.15, 0.2) is 40.9 Å². The molecule has 0 saturated heterocycles. The Kier molecular flexibility index (Phi) is 5.70. The van der Waals surface area contributed by atoms with Crippen molar-refractivity contribution in [1.82, 2.24) is 0 Å². The van der Waals surface area contributed by atoms with Crippen LogP contribution in [0.5, 0.6) is 5.75 Å². The highest BCUT2D eigenvalue weighted by Crippen LogP contribution is 2.39. The maximum atomic E-state index is 11.3. The van der Waals surface area contributed by atoms with Gasteiger partial charge in [0.1, 0.15) is 12.4 Å². The highest BCUT2D eigenvalue weighted by molar-refractivity contribution is 9.10. The third kappa shape index (κ3) is 4.18. The quantitative estimate of drug-likeness (QED) is 0.723. The number of ether oxygens (including phenoxy) is 1. The van der Waals surface area contributed by atoms with E-state index in [4.69, 9.17) is 4.74 Å². The fraction of sp³-hybridized carbons (Fsp3) is 0.350. The van der Waals surface area contributed by atoms with E-state index in [0.29, 0.717) is 5.56 Å². The van der Waals surface area contributed by atoms with Crippen LogP contribution in [0.4, 0.5) is 0 Å². The molecule has 0 atom stereocenters. The monoisotopic (exact) mass is 390 g/mol. The van der Waals surface area contributed by atoms with E-state index in [1.165, 1.54) is 5.56 Å². The minimum absolute atomic E-state index is 0.0741. The molecule has 0 fully saturated rings. The summed E-state index contributed by atoms with van der Waals surface area (Å²) in [6.45, 7) is 8.78. The van der Waals surface area contributed by atoms with Crippen molar-refractivity contribution in [1.29, 1.82) is 0 Å². The molecule has 24 heavy (non-hydrogen) atoms. The SMILES string of the molecule is CCc1cc(Br)c(OCc2ccccc2C(=O)O)c(C(C)(C)C)c1. The van der Waals surface area contributed by atoms with Crippen molar-refractivity contribution in [2.45, 2.75) is 46.1 Å². The first-order valence-corrected chi connectivity index (χ1v) is 8.80. The zero-order valence-corrected chi connectivity index (χ0v) is 16.1. The average molecular weight is 391 g/mol. The highest BCUT2D eigenvalue weighted by Gasteiger charge is 2.22. The van der Waals surface area contributed by atoms with Crippen LogP contribution in [0.1, 0.15) is 54.7 Å². The number of aryl methyl sites for hydroxylation is 1. The minimum atomic E-state index is -0.939. The fourth-order valence-electron chi connectivity index (χ4n) is 2.56. The van der Waals surface area contributed by atoms with Crippen LogP contribution in [0.2, 0.25) is 0 Å². The van der Waals surface area contributed by atoms with Crippen molar-refractivity contribution in [3.8, 4) is 5.75 Å². The molecule has 0 aliphatic rings. The summed E-state index contributed by atoms with van der Waals surface area (Å²) in [6, 6.07) is 11.2. The van der Waals surface area contributed by atoms with Gasteiger partial charge in [-0.2, -0.15) is 0 Å². The molecule has 3 nitrogen and oxygen atoms in total. The molecule has 0 amide bonds. The summed E-state index contributed by atoms with van der Waals surface area (Å²) >= 11 is 3.61. The van der Waals surface area contributed by atoms with E-state index in [9.17, 15) is 9.90 Å². The van der Waals surface area contributed by atoms with Gasteiger partial charge in [-0.3, -0.25) is 0 Å². The van der Waals surface area contributed by atoms with Gasteiger partial charge >= 0.3 is 5.97 Å². The number of carboxylic acid groups (broad SMARTS) is 1. The molecule has 2 aromatic carbocycles. The van der Waals surface area contributed by atoms with Gasteiger partial charge in [0.2, 0.25) is 0 Å². The standard InChI is InChI=1S/C20H23BrO3/c1-5-13-10-16(20(2,3)4)18(17(21)11-13)24-12-14-8-6-7-9-15(14)19(22)23/h6-11H,5,12H2,1-4H3,(H,22,23). The average Bonchev–Trinajstić information content (AvgIpc) is 2.52. The molecule has 0 aromatic heterocycles. The zero-order valence-electron chi connectivity index (χ0n) is 14.5. The van der Waals surface area contributed by atoms with Crippen LogP contribution < -0.4 is 4.74 Å². The Bertz CT molecular complexity index is 745. The summed E-state index contributed by atoms with van der Waals surface area (Å²) in [5.41, 5.74) is 3.22. The zero-order chi connectivity index (χ0) is 17.9.